The molecule has 2 N–H and O–H groups in total. The van der Waals surface area contributed by atoms with E-state index in [9.17, 15) is 13.6 Å². The van der Waals surface area contributed by atoms with Gasteiger partial charge >= 0.3 is 0 Å². The van der Waals surface area contributed by atoms with E-state index in [0.717, 1.165) is 23.3 Å². The average molecular weight is 291 g/mol. The Labute approximate surface area is 121 Å². The first-order chi connectivity index (χ1) is 10.0. The summed E-state index contributed by atoms with van der Waals surface area (Å²) in [7, 11) is 1.41. The minimum atomic E-state index is -0.805. The summed E-state index contributed by atoms with van der Waals surface area (Å²) in [5.74, 6) is -2.15. The zero-order valence-electron chi connectivity index (χ0n) is 11.7. The average Bonchev–Trinajstić information content (AvgIpc) is 2.45. The number of aryl methyl sites for hydroxylation is 1. The first-order valence-corrected chi connectivity index (χ1v) is 6.37. The number of pyridine rings is 1. The van der Waals surface area contributed by atoms with Crippen LogP contribution in [-0.4, -0.2) is 17.9 Å². The zero-order valence-corrected chi connectivity index (χ0v) is 11.7. The van der Waals surface area contributed by atoms with Gasteiger partial charge in [0, 0.05) is 31.5 Å². The van der Waals surface area contributed by atoms with Gasteiger partial charge in [-0.3, -0.25) is 9.78 Å². The van der Waals surface area contributed by atoms with E-state index >= 15 is 0 Å². The largest absolute Gasteiger partial charge is 0.383 e. The Hall–Kier alpha value is -2.50. The van der Waals surface area contributed by atoms with Crippen LogP contribution in [0.3, 0.4) is 0 Å². The maximum absolute atomic E-state index is 13.6. The number of nitrogens with zero attached hydrogens (tertiary/aromatic N) is 1. The minimum Gasteiger partial charge on any atom is -0.383 e. The van der Waals surface area contributed by atoms with Gasteiger partial charge in [-0.25, -0.2) is 8.78 Å². The number of hydrogen-bond acceptors (Lipinski definition) is 3. The predicted molar refractivity (Wildman–Crippen MR) is 76.0 cm³/mol. The Balaban J connectivity index is 2.13. The summed E-state index contributed by atoms with van der Waals surface area (Å²) in [5.41, 5.74) is 1.51. The summed E-state index contributed by atoms with van der Waals surface area (Å²) in [6.45, 7) is 2.14. The molecule has 0 atom stereocenters. The molecule has 4 nitrogen and oxygen atoms in total. The van der Waals surface area contributed by atoms with Gasteiger partial charge in [-0.1, -0.05) is 0 Å². The van der Waals surface area contributed by atoms with Crippen LogP contribution in [0, 0.1) is 18.6 Å². The Morgan fingerprint density at radius 2 is 1.95 bits per heavy atom. The number of anilines is 1. The predicted octanol–water partition coefficient (Wildman–Crippen LogP) is 2.64. The zero-order chi connectivity index (χ0) is 15.4. The van der Waals surface area contributed by atoms with Crippen LogP contribution in [0.1, 0.15) is 21.5 Å². The van der Waals surface area contributed by atoms with Crippen molar-refractivity contribution in [2.75, 3.05) is 12.4 Å². The second kappa shape index (κ2) is 6.30. The van der Waals surface area contributed by atoms with E-state index in [1.54, 1.807) is 12.4 Å². The molecule has 1 heterocycles. The highest BCUT2D eigenvalue weighted by Gasteiger charge is 2.14. The number of aromatic nitrogens is 1. The number of amides is 1. The van der Waals surface area contributed by atoms with Crippen LogP contribution in [0.5, 0.6) is 0 Å². The van der Waals surface area contributed by atoms with Gasteiger partial charge in [0.2, 0.25) is 0 Å². The molecule has 0 spiro atoms. The second-order valence-corrected chi connectivity index (χ2v) is 4.55. The van der Waals surface area contributed by atoms with Crippen molar-refractivity contribution in [2.45, 2.75) is 13.5 Å². The summed E-state index contributed by atoms with van der Waals surface area (Å²) in [4.78, 5) is 15.9. The standard InChI is InChI=1S/C15H15F2N3O/c1-9-3-4-19-7-11(9)8-20-15(21)10-5-12(16)14(18-2)13(17)6-10/h3-7,18H,8H2,1-2H3,(H,20,21). The van der Waals surface area contributed by atoms with Crippen molar-refractivity contribution in [1.29, 1.82) is 0 Å². The SMILES string of the molecule is CNc1c(F)cc(C(=O)NCc2cnccc2C)cc1F. The topological polar surface area (TPSA) is 54.0 Å². The van der Waals surface area contributed by atoms with E-state index in [2.05, 4.69) is 15.6 Å². The van der Waals surface area contributed by atoms with E-state index in [1.807, 2.05) is 13.0 Å². The highest BCUT2D eigenvalue weighted by Crippen LogP contribution is 2.20. The molecule has 21 heavy (non-hydrogen) atoms. The van der Waals surface area contributed by atoms with E-state index in [1.165, 1.54) is 7.05 Å². The molecule has 0 saturated heterocycles. The molecule has 110 valence electrons. The van der Waals surface area contributed by atoms with Crippen molar-refractivity contribution in [2.24, 2.45) is 0 Å². The third kappa shape index (κ3) is 3.34. The molecule has 0 saturated carbocycles. The van der Waals surface area contributed by atoms with Crippen LogP contribution in [0.2, 0.25) is 0 Å². The molecule has 0 fully saturated rings. The lowest BCUT2D eigenvalue weighted by Crippen LogP contribution is -2.23. The third-order valence-electron chi connectivity index (χ3n) is 3.14. The second-order valence-electron chi connectivity index (χ2n) is 4.55. The molecule has 1 amide bonds. The fourth-order valence-corrected chi connectivity index (χ4v) is 1.90. The van der Waals surface area contributed by atoms with Crippen molar-refractivity contribution < 1.29 is 13.6 Å². The maximum atomic E-state index is 13.6. The Kier molecular flexibility index (Phi) is 4.47. The van der Waals surface area contributed by atoms with Crippen molar-refractivity contribution in [1.82, 2.24) is 10.3 Å². The number of nitrogens with one attached hydrogen (secondary N) is 2. The van der Waals surface area contributed by atoms with Crippen LogP contribution < -0.4 is 10.6 Å². The number of carbonyl (C=O) groups is 1. The number of carbonyl (C=O) groups excluding carboxylic acids is 1. The molecule has 0 radical (unpaired) electrons. The van der Waals surface area contributed by atoms with E-state index in [4.69, 9.17) is 0 Å². The van der Waals surface area contributed by atoms with Gasteiger partial charge in [-0.05, 0) is 36.2 Å². The summed E-state index contributed by atoms with van der Waals surface area (Å²) in [5, 5.41) is 5.02. The third-order valence-corrected chi connectivity index (χ3v) is 3.14. The van der Waals surface area contributed by atoms with Crippen molar-refractivity contribution in [3.05, 3.63) is 58.9 Å². The molecule has 2 rings (SSSR count). The quantitative estimate of drug-likeness (QED) is 0.910. The van der Waals surface area contributed by atoms with Crippen molar-refractivity contribution in [3.63, 3.8) is 0 Å². The molecule has 0 bridgehead atoms. The van der Waals surface area contributed by atoms with Gasteiger partial charge < -0.3 is 10.6 Å². The monoisotopic (exact) mass is 291 g/mol. The number of rotatable bonds is 4. The molecular weight excluding hydrogens is 276 g/mol. The summed E-state index contributed by atoms with van der Waals surface area (Å²) in [6, 6.07) is 3.82. The van der Waals surface area contributed by atoms with Gasteiger partial charge in [-0.15, -0.1) is 0 Å². The van der Waals surface area contributed by atoms with Gasteiger partial charge in [0.05, 0.1) is 0 Å². The van der Waals surface area contributed by atoms with Crippen LogP contribution in [0.15, 0.2) is 30.6 Å². The molecule has 0 aliphatic rings. The molecule has 1 aromatic heterocycles. The van der Waals surface area contributed by atoms with Gasteiger partial charge in [-0.2, -0.15) is 0 Å². The molecule has 0 aliphatic carbocycles. The van der Waals surface area contributed by atoms with Gasteiger partial charge in [0.15, 0.2) is 0 Å². The van der Waals surface area contributed by atoms with Crippen LogP contribution >= 0.6 is 0 Å². The summed E-state index contributed by atoms with van der Waals surface area (Å²) >= 11 is 0. The molecule has 6 heteroatoms. The summed E-state index contributed by atoms with van der Waals surface area (Å²) in [6.07, 6.45) is 3.29. The Bertz CT molecular complexity index is 651. The highest BCUT2D eigenvalue weighted by atomic mass is 19.1. The van der Waals surface area contributed by atoms with Gasteiger partial charge in [0.25, 0.3) is 5.91 Å². The summed E-state index contributed by atoms with van der Waals surface area (Å²) < 4.78 is 27.2. The van der Waals surface area contributed by atoms with E-state index in [0.29, 0.717) is 0 Å². The lowest BCUT2D eigenvalue weighted by Gasteiger charge is -2.09. The fraction of sp³-hybridized carbons (Fsp3) is 0.200. The Morgan fingerprint density at radius 1 is 1.29 bits per heavy atom. The number of halogens is 2. The molecule has 0 unspecified atom stereocenters. The van der Waals surface area contributed by atoms with Crippen LogP contribution in [0.4, 0.5) is 14.5 Å². The number of benzene rings is 1. The highest BCUT2D eigenvalue weighted by molar-refractivity contribution is 5.94. The normalized spacial score (nSPS) is 10.3. The van der Waals surface area contributed by atoms with Crippen molar-refractivity contribution in [3.8, 4) is 0 Å². The van der Waals surface area contributed by atoms with E-state index < -0.39 is 17.5 Å². The van der Waals surface area contributed by atoms with E-state index in [-0.39, 0.29) is 17.8 Å². The minimum absolute atomic E-state index is 0.0643. The molecule has 0 aliphatic heterocycles. The lowest BCUT2D eigenvalue weighted by atomic mass is 10.1. The van der Waals surface area contributed by atoms with Crippen molar-refractivity contribution >= 4 is 11.6 Å². The first-order valence-electron chi connectivity index (χ1n) is 6.37. The Morgan fingerprint density at radius 3 is 2.52 bits per heavy atom. The molecular formula is C15H15F2N3O. The smallest absolute Gasteiger partial charge is 0.251 e. The van der Waals surface area contributed by atoms with Crippen LogP contribution in [0.25, 0.3) is 0 Å². The number of hydrogen-bond donors (Lipinski definition) is 2. The maximum Gasteiger partial charge on any atom is 0.251 e. The first kappa shape index (κ1) is 14.9. The lowest BCUT2D eigenvalue weighted by molar-refractivity contribution is 0.0950. The van der Waals surface area contributed by atoms with Crippen LogP contribution in [-0.2, 0) is 6.54 Å². The molecule has 2 aromatic rings. The van der Waals surface area contributed by atoms with Gasteiger partial charge in [0.1, 0.15) is 17.3 Å². The fourth-order valence-electron chi connectivity index (χ4n) is 1.90. The molecule has 1 aromatic carbocycles.